The van der Waals surface area contributed by atoms with Gasteiger partial charge in [0.1, 0.15) is 0 Å². The quantitative estimate of drug-likeness (QED) is 0.0711. The third-order valence-corrected chi connectivity index (χ3v) is 31.1. The minimum Gasteiger partial charge on any atom is -0.310 e. The highest BCUT2D eigenvalue weighted by atomic mass is 32.1. The fourth-order valence-electron chi connectivity index (χ4n) is 22.3. The molecule has 0 unspecified atom stereocenters. The maximum absolute atomic E-state index is 7.53. The van der Waals surface area contributed by atoms with E-state index in [0.717, 1.165) is 124 Å². The van der Waals surface area contributed by atoms with E-state index in [9.17, 15) is 0 Å². The molecule has 145 heavy (non-hydrogen) atoms. The normalized spacial score (nSPS) is 12.0. The summed E-state index contributed by atoms with van der Waals surface area (Å²) in [6.45, 7) is 15.7. The summed E-state index contributed by atoms with van der Waals surface area (Å²) < 4.78 is 9.81. The first-order chi connectivity index (χ1) is 71.7. The predicted molar refractivity (Wildman–Crippen MR) is 618 cm³/mol. The molecule has 0 atom stereocenters. The fraction of sp³-hybridized carbons (Fsp3) is 0.00735. The van der Waals surface area contributed by atoms with Crippen molar-refractivity contribution >= 4 is 203 Å². The lowest BCUT2D eigenvalue weighted by molar-refractivity contribution is 0.768. The first-order valence-corrected chi connectivity index (χ1v) is 50.7. The van der Waals surface area contributed by atoms with E-state index in [1.54, 1.807) is 0 Å². The molecule has 9 heteroatoms. The van der Waals surface area contributed by atoms with Gasteiger partial charge >= 0.3 is 0 Å². The van der Waals surface area contributed by atoms with Gasteiger partial charge in [0.05, 0.1) is 34.1 Å². The van der Waals surface area contributed by atoms with Crippen molar-refractivity contribution in [2.45, 2.75) is 5.41 Å². The fourth-order valence-corrected chi connectivity index (χ4v) is 24.5. The van der Waals surface area contributed by atoms with Crippen LogP contribution < -0.4 is 19.6 Å². The van der Waals surface area contributed by atoms with Gasteiger partial charge in [-0.1, -0.05) is 329 Å². The molecule has 0 bridgehead atoms. The summed E-state index contributed by atoms with van der Waals surface area (Å²) in [5, 5.41) is 12.4. The minimum atomic E-state index is -0.546. The molecular weight excluding hydrogens is 1800 g/mol. The number of fused-ring (bicyclic) bond motifs is 16. The maximum Gasteiger partial charge on any atom is 0.187 e. The summed E-state index contributed by atoms with van der Waals surface area (Å²) in [6, 6.07) is 188. The Labute approximate surface area is 849 Å². The molecule has 1 aliphatic rings. The molecule has 22 aromatic carbocycles. The largest absolute Gasteiger partial charge is 0.310 e. The molecule has 0 fully saturated rings. The molecular formula is C136H91N7S2. The Kier molecular flexibility index (Phi) is 21.8. The van der Waals surface area contributed by atoms with Gasteiger partial charge in [-0.05, 0) is 290 Å². The van der Waals surface area contributed by atoms with E-state index in [1.807, 2.05) is 59.1 Å². The third-order valence-electron chi connectivity index (χ3n) is 28.8. The zero-order chi connectivity index (χ0) is 96.6. The summed E-state index contributed by atoms with van der Waals surface area (Å²) in [5.74, 6) is 0. The molecule has 26 aromatic rings. The van der Waals surface area contributed by atoms with Crippen LogP contribution in [0.4, 0.5) is 73.9 Å². The molecule has 7 nitrogen and oxygen atoms in total. The standard InChI is InChI=1S/C77H51N3S.C59H40N4S/c1-5-24-56(25-6-1)77(57-26-7-2-8-27-57)71-37-17-15-35-65(71)66-43-40-64(51-72(66)77)78(58-28-9-3-10-29-58)61-33-20-34-62(49-61)79(63-41-44-75-70(50-63)69-46-53-21-13-14-22-54(53)48-76(69)81-75)60-32-19-23-52(45-60)55-39-42-68-67-36-16-18-38-73(67)80(74(68)47-55)59-30-11-4-12-31-59;1-4-40-14-10-17-46(34-40)61(47-18-11-15-41(5-2)35-47)49-20-13-21-50(38-49)62(51-31-33-59-55(39-51)54-23-7-9-25-58(54)64-59)48-19-12-16-42(36-48)43-26-32-53-52-22-6-8-24-56(52)63(57(53)37-43)45-29-27-44(60-3)28-30-45/h1-51H;4-39H,1-2H2. The van der Waals surface area contributed by atoms with Crippen LogP contribution in [0.5, 0.6) is 0 Å². The zero-order valence-electron chi connectivity index (χ0n) is 79.1. The van der Waals surface area contributed by atoms with Crippen molar-refractivity contribution in [2.75, 3.05) is 19.6 Å². The molecule has 0 saturated carbocycles. The highest BCUT2D eigenvalue weighted by molar-refractivity contribution is 7.26. The molecule has 0 saturated heterocycles. The van der Waals surface area contributed by atoms with Crippen LogP contribution in [0.15, 0.2) is 529 Å². The Morgan fingerprint density at radius 1 is 0.228 bits per heavy atom. The monoisotopic (exact) mass is 1890 g/mol. The first-order valence-electron chi connectivity index (χ1n) is 49.1. The van der Waals surface area contributed by atoms with E-state index in [0.29, 0.717) is 5.69 Å². The maximum atomic E-state index is 7.53. The molecule has 0 amide bonds. The number of hydrogen-bond acceptors (Lipinski definition) is 6. The molecule has 0 radical (unpaired) electrons. The Balaban J connectivity index is 0.000000152. The zero-order valence-corrected chi connectivity index (χ0v) is 80.7. The Morgan fingerprint density at radius 3 is 1.13 bits per heavy atom. The highest BCUT2D eigenvalue weighted by Gasteiger charge is 2.46. The second-order valence-corrected chi connectivity index (χ2v) is 39.2. The molecule has 4 aromatic heterocycles. The number of benzene rings is 22. The lowest BCUT2D eigenvalue weighted by Crippen LogP contribution is -2.28. The van der Waals surface area contributed by atoms with E-state index < -0.39 is 5.41 Å². The van der Waals surface area contributed by atoms with Gasteiger partial charge in [-0.15, -0.1) is 22.7 Å². The van der Waals surface area contributed by atoms with Crippen LogP contribution in [0.3, 0.4) is 0 Å². The van der Waals surface area contributed by atoms with Crippen LogP contribution in [0.1, 0.15) is 33.4 Å². The second-order valence-electron chi connectivity index (χ2n) is 37.1. The molecule has 0 spiro atoms. The summed E-state index contributed by atoms with van der Waals surface area (Å²) in [6.07, 6.45) is 3.78. The number of hydrogen-bond donors (Lipinski definition) is 0. The van der Waals surface area contributed by atoms with Crippen molar-refractivity contribution < 1.29 is 0 Å². The van der Waals surface area contributed by atoms with Gasteiger partial charge in [0.15, 0.2) is 5.69 Å². The van der Waals surface area contributed by atoms with Crippen LogP contribution in [0, 0.1) is 6.57 Å². The van der Waals surface area contributed by atoms with Crippen molar-refractivity contribution in [3.05, 3.63) is 574 Å². The lowest BCUT2D eigenvalue weighted by atomic mass is 9.67. The van der Waals surface area contributed by atoms with E-state index in [-0.39, 0.29) is 0 Å². The molecule has 0 N–H and O–H groups in total. The van der Waals surface area contributed by atoms with Crippen LogP contribution in [0.2, 0.25) is 0 Å². The van der Waals surface area contributed by atoms with Crippen LogP contribution in [-0.2, 0) is 5.41 Å². The summed E-state index contributed by atoms with van der Waals surface area (Å²) >= 11 is 3.70. The van der Waals surface area contributed by atoms with E-state index in [1.165, 1.54) is 117 Å². The number of nitrogens with zero attached hydrogens (tertiary/aromatic N) is 7. The minimum absolute atomic E-state index is 0.546. The number of rotatable bonds is 20. The van der Waals surface area contributed by atoms with Crippen molar-refractivity contribution in [1.29, 1.82) is 0 Å². The van der Waals surface area contributed by atoms with E-state index in [2.05, 4.69) is 538 Å². The molecule has 682 valence electrons. The molecule has 4 heterocycles. The SMILES string of the molecule is [C-]#[N+]c1ccc(-n2c3ccccc3c3ccc(-c4cccc(N(c5cccc(N(c6cccc(C=C)c6)c6cccc(C=C)c6)c5)c5ccc6sc7ccccc7c6c5)c4)cc32)cc1.c1ccc(N(c2cccc(N(c3cccc(-c4ccc5c6ccccc6n(-c6ccccc6)c5c4)c3)c3ccc4sc5cc6ccccc6cc5c4c3)c2)c2ccc3c(c2)C(c2ccccc2)(c2ccccc2)c2ccccc2-3)cc1. The molecule has 0 aliphatic heterocycles. The summed E-state index contributed by atoms with van der Waals surface area (Å²) in [7, 11) is 0. The number of para-hydroxylation sites is 4. The van der Waals surface area contributed by atoms with Crippen molar-refractivity contribution in [3.8, 4) is 44.8 Å². The average Bonchev–Trinajstić information content (AvgIpc) is 1.54. The van der Waals surface area contributed by atoms with Gasteiger partial charge in [0, 0.05) is 142 Å². The van der Waals surface area contributed by atoms with Gasteiger partial charge in [0.2, 0.25) is 0 Å². The first kappa shape index (κ1) is 86.6. The Bertz CT molecular complexity index is 9530. The number of thiophene rings is 2. The van der Waals surface area contributed by atoms with Crippen molar-refractivity contribution in [2.24, 2.45) is 0 Å². The van der Waals surface area contributed by atoms with Gasteiger partial charge in [-0.2, -0.15) is 0 Å². The van der Waals surface area contributed by atoms with Gasteiger partial charge in [0.25, 0.3) is 0 Å². The Hall–Kier alpha value is -18.7. The lowest BCUT2D eigenvalue weighted by Gasteiger charge is -2.35. The van der Waals surface area contributed by atoms with E-state index in [4.69, 9.17) is 6.57 Å². The second kappa shape index (κ2) is 36.5. The number of anilines is 12. The summed E-state index contributed by atoms with van der Waals surface area (Å²) in [4.78, 5) is 13.2. The predicted octanol–water partition coefficient (Wildman–Crippen LogP) is 38.9. The number of aromatic nitrogens is 2. The smallest absolute Gasteiger partial charge is 0.187 e. The van der Waals surface area contributed by atoms with Crippen molar-refractivity contribution in [1.82, 2.24) is 9.13 Å². The van der Waals surface area contributed by atoms with E-state index >= 15 is 0 Å². The van der Waals surface area contributed by atoms with Crippen molar-refractivity contribution in [3.63, 3.8) is 0 Å². The topological polar surface area (TPSA) is 27.2 Å². The van der Waals surface area contributed by atoms with Gasteiger partial charge in [-0.3, -0.25) is 0 Å². The molecule has 27 rings (SSSR count). The van der Waals surface area contributed by atoms with Crippen LogP contribution >= 0.6 is 22.7 Å². The average molecular weight is 1890 g/mol. The highest BCUT2D eigenvalue weighted by Crippen LogP contribution is 2.59. The van der Waals surface area contributed by atoms with Gasteiger partial charge < -0.3 is 28.7 Å². The molecule has 1 aliphatic carbocycles. The van der Waals surface area contributed by atoms with Gasteiger partial charge in [-0.25, -0.2) is 4.85 Å². The third kappa shape index (κ3) is 15.3. The van der Waals surface area contributed by atoms with Crippen LogP contribution in [0.25, 0.3) is 156 Å². The Morgan fingerprint density at radius 2 is 0.593 bits per heavy atom. The van der Waals surface area contributed by atoms with Crippen LogP contribution in [-0.4, -0.2) is 9.13 Å². The summed E-state index contributed by atoms with van der Waals surface area (Å²) in [5.41, 5.74) is 33.6.